The summed E-state index contributed by atoms with van der Waals surface area (Å²) in [4.78, 5) is 14.1. The molecule has 0 spiro atoms. The second-order valence-electron chi connectivity index (χ2n) is 8.21. The van der Waals surface area contributed by atoms with Gasteiger partial charge in [-0.05, 0) is 64.3 Å². The number of allylic oxidation sites excluding steroid dienone is 1. The highest BCUT2D eigenvalue weighted by Crippen LogP contribution is 2.40. The number of benzene rings is 2. The summed E-state index contributed by atoms with van der Waals surface area (Å²) in [5.41, 5.74) is 1.53. The van der Waals surface area contributed by atoms with Gasteiger partial charge >= 0.3 is 5.97 Å². The maximum absolute atomic E-state index is 12.9. The molecule has 144 valence electrons. The molecule has 2 nitrogen and oxygen atoms in total. The Hall–Kier alpha value is -2.39. The lowest BCUT2D eigenvalue weighted by molar-refractivity contribution is -0.0228. The molecule has 2 atom stereocenters. The number of ether oxygens (including phenoxy) is 1. The van der Waals surface area contributed by atoms with Crippen LogP contribution in [-0.4, -0.2) is 11.6 Å². The van der Waals surface area contributed by atoms with Crippen molar-refractivity contribution in [3.63, 3.8) is 0 Å². The van der Waals surface area contributed by atoms with E-state index in [1.165, 1.54) is 15.7 Å². The van der Waals surface area contributed by atoms with Crippen LogP contribution in [0.15, 0.2) is 71.6 Å². The fraction of sp³-hybridized carbons (Fsp3) is 0.320. The molecular formula is C25H27O2S+. The summed E-state index contributed by atoms with van der Waals surface area (Å²) >= 11 is 0. The average molecular weight is 392 g/mol. The fourth-order valence-corrected chi connectivity index (χ4v) is 5.97. The lowest BCUT2D eigenvalue weighted by Gasteiger charge is -2.34. The smallest absolute Gasteiger partial charge is 0.338 e. The summed E-state index contributed by atoms with van der Waals surface area (Å²) in [6.45, 7) is 6.24. The van der Waals surface area contributed by atoms with Crippen molar-refractivity contribution in [2.24, 2.45) is 5.92 Å². The molecule has 4 rings (SSSR count). The van der Waals surface area contributed by atoms with E-state index in [4.69, 9.17) is 4.74 Å². The number of hydrogen-bond donors (Lipinski definition) is 0. The summed E-state index contributed by atoms with van der Waals surface area (Å²) in [5, 5.41) is 3.49. The molecule has 0 radical (unpaired) electrons. The molecule has 0 fully saturated rings. The number of hydrogen-bond acceptors (Lipinski definition) is 2. The van der Waals surface area contributed by atoms with Gasteiger partial charge in [-0.2, -0.15) is 0 Å². The van der Waals surface area contributed by atoms with Gasteiger partial charge in [-0.25, -0.2) is 4.79 Å². The van der Waals surface area contributed by atoms with Crippen LogP contribution < -0.4 is 0 Å². The van der Waals surface area contributed by atoms with Crippen LogP contribution in [0.25, 0.3) is 15.0 Å². The van der Waals surface area contributed by atoms with Gasteiger partial charge in [0.25, 0.3) is 0 Å². The zero-order valence-corrected chi connectivity index (χ0v) is 17.6. The second kappa shape index (κ2) is 7.56. The van der Waals surface area contributed by atoms with Crippen molar-refractivity contribution in [1.82, 2.24) is 0 Å². The number of thiophene rings is 1. The van der Waals surface area contributed by atoms with Crippen LogP contribution in [0.4, 0.5) is 0 Å². The maximum atomic E-state index is 12.9. The van der Waals surface area contributed by atoms with Crippen LogP contribution >= 0.6 is 10.5 Å². The maximum Gasteiger partial charge on any atom is 0.338 e. The first-order valence-electron chi connectivity index (χ1n) is 9.95. The predicted octanol–water partition coefficient (Wildman–Crippen LogP) is 7.26. The normalized spacial score (nSPS) is 18.0. The Bertz CT molecular complexity index is 1040. The largest absolute Gasteiger partial charge is 0.455 e. The standard InChI is InChI=1S/C25H27O2S/c1-18-8-6-11-21(16-18)25(2,3)27-24(26)20-10-7-12-22(17-20)28-15-14-19-9-4-5-13-23(19)28/h4-5,7,9-10,12-17,21H,6,8,11H2,1-3H3/q+1. The minimum Gasteiger partial charge on any atom is -0.455 e. The molecule has 2 aromatic carbocycles. The molecule has 3 aromatic rings. The van der Waals surface area contributed by atoms with Crippen molar-refractivity contribution in [2.45, 2.75) is 45.6 Å². The molecule has 1 aliphatic carbocycles. The highest BCUT2D eigenvalue weighted by molar-refractivity contribution is 7.43. The summed E-state index contributed by atoms with van der Waals surface area (Å²) in [6, 6.07) is 18.5. The van der Waals surface area contributed by atoms with Crippen molar-refractivity contribution in [3.8, 4) is 4.90 Å². The molecule has 1 heterocycles. The van der Waals surface area contributed by atoms with Crippen LogP contribution in [0, 0.1) is 5.92 Å². The molecule has 2 unspecified atom stereocenters. The van der Waals surface area contributed by atoms with Gasteiger partial charge in [-0.15, -0.1) is 0 Å². The van der Waals surface area contributed by atoms with Gasteiger partial charge in [0.1, 0.15) is 11.0 Å². The monoisotopic (exact) mass is 391 g/mol. The fourth-order valence-electron chi connectivity index (χ4n) is 4.03. The number of rotatable bonds is 4. The Balaban J connectivity index is 1.59. The number of fused-ring (bicyclic) bond motifs is 1. The van der Waals surface area contributed by atoms with Crippen molar-refractivity contribution in [3.05, 3.63) is 77.2 Å². The number of carbonyl (C=O) groups excluding carboxylic acids is 1. The molecular weight excluding hydrogens is 364 g/mol. The Labute approximate surface area is 169 Å². The minimum absolute atomic E-state index is 0.122. The molecule has 0 saturated heterocycles. The SMILES string of the molecule is CC1=CC(C(C)(C)OC(=O)c2cccc(-[s+]3ccc4ccccc43)c2)CCC1. The van der Waals surface area contributed by atoms with Crippen LogP contribution in [0.2, 0.25) is 0 Å². The average Bonchev–Trinajstić information content (AvgIpc) is 3.12. The first kappa shape index (κ1) is 18.9. The first-order chi connectivity index (χ1) is 13.4. The molecule has 0 aliphatic heterocycles. The Morgan fingerprint density at radius 1 is 1.11 bits per heavy atom. The van der Waals surface area contributed by atoms with E-state index < -0.39 is 5.60 Å². The van der Waals surface area contributed by atoms with E-state index >= 15 is 0 Å². The van der Waals surface area contributed by atoms with Gasteiger partial charge in [0, 0.05) is 33.9 Å². The van der Waals surface area contributed by atoms with Gasteiger partial charge in [-0.3, -0.25) is 0 Å². The summed E-state index contributed by atoms with van der Waals surface area (Å²) in [5.74, 6) is 0.0449. The molecule has 1 aliphatic rings. The van der Waals surface area contributed by atoms with Crippen LogP contribution in [-0.2, 0) is 4.74 Å². The quantitative estimate of drug-likeness (QED) is 0.266. The van der Waals surface area contributed by atoms with Crippen molar-refractivity contribution >= 4 is 26.5 Å². The summed E-state index contributed by atoms with van der Waals surface area (Å²) in [7, 11) is -0.122. The van der Waals surface area contributed by atoms with Crippen LogP contribution in [0.1, 0.15) is 50.4 Å². The van der Waals surface area contributed by atoms with Gasteiger partial charge in [0.2, 0.25) is 0 Å². The number of carbonyl (C=O) groups is 1. The van der Waals surface area contributed by atoms with Crippen LogP contribution in [0.5, 0.6) is 0 Å². The van der Waals surface area contributed by atoms with Gasteiger partial charge in [0.15, 0.2) is 9.60 Å². The first-order valence-corrected chi connectivity index (χ1v) is 11.2. The third-order valence-electron chi connectivity index (χ3n) is 5.68. The topological polar surface area (TPSA) is 26.3 Å². The highest BCUT2D eigenvalue weighted by Gasteiger charge is 2.33. The van der Waals surface area contributed by atoms with E-state index in [1.807, 2.05) is 32.0 Å². The van der Waals surface area contributed by atoms with Gasteiger partial charge in [0.05, 0.1) is 5.56 Å². The predicted molar refractivity (Wildman–Crippen MR) is 118 cm³/mol. The minimum atomic E-state index is -0.503. The molecule has 0 saturated carbocycles. The van der Waals surface area contributed by atoms with E-state index in [0.29, 0.717) is 5.56 Å². The zero-order valence-electron chi connectivity index (χ0n) is 16.8. The Kier molecular flexibility index (Phi) is 5.11. The summed E-state index contributed by atoms with van der Waals surface area (Å²) < 4.78 is 7.32. The van der Waals surface area contributed by atoms with Gasteiger partial charge in [-0.1, -0.05) is 29.8 Å². The Morgan fingerprint density at radius 3 is 2.75 bits per heavy atom. The second-order valence-corrected chi connectivity index (χ2v) is 10.1. The van der Waals surface area contributed by atoms with E-state index in [9.17, 15) is 4.79 Å². The van der Waals surface area contributed by atoms with E-state index in [2.05, 4.69) is 54.8 Å². The third kappa shape index (κ3) is 3.77. The van der Waals surface area contributed by atoms with Crippen molar-refractivity contribution in [2.75, 3.05) is 0 Å². The van der Waals surface area contributed by atoms with Crippen molar-refractivity contribution in [1.29, 1.82) is 0 Å². The molecule has 1 aromatic heterocycles. The highest BCUT2D eigenvalue weighted by atomic mass is 32.2. The van der Waals surface area contributed by atoms with Gasteiger partial charge < -0.3 is 4.74 Å². The zero-order chi connectivity index (χ0) is 19.7. The summed E-state index contributed by atoms with van der Waals surface area (Å²) in [6.07, 6.45) is 5.68. The molecule has 0 bridgehead atoms. The molecule has 0 N–H and O–H groups in total. The molecule has 0 amide bonds. The molecule has 3 heteroatoms. The lowest BCUT2D eigenvalue weighted by Crippen LogP contribution is -2.36. The van der Waals surface area contributed by atoms with E-state index in [-0.39, 0.29) is 22.4 Å². The number of esters is 1. The molecule has 28 heavy (non-hydrogen) atoms. The van der Waals surface area contributed by atoms with E-state index in [1.54, 1.807) is 0 Å². The Morgan fingerprint density at radius 2 is 1.93 bits per heavy atom. The van der Waals surface area contributed by atoms with E-state index in [0.717, 1.165) is 24.2 Å². The third-order valence-corrected chi connectivity index (χ3v) is 7.70. The van der Waals surface area contributed by atoms with Crippen molar-refractivity contribution < 1.29 is 9.53 Å². The van der Waals surface area contributed by atoms with Crippen LogP contribution in [0.3, 0.4) is 0 Å². The lowest BCUT2D eigenvalue weighted by atomic mass is 9.81.